The van der Waals surface area contributed by atoms with Crippen LogP contribution in [0.1, 0.15) is 0 Å². The summed E-state index contributed by atoms with van der Waals surface area (Å²) in [6, 6.07) is 65.8. The van der Waals surface area contributed by atoms with Crippen molar-refractivity contribution in [3.8, 4) is 67.5 Å². The molecule has 0 saturated heterocycles. The molecule has 3 heterocycles. The van der Waals surface area contributed by atoms with Crippen LogP contribution in [-0.2, 0) is 0 Å². The maximum atomic E-state index is 6.30. The predicted molar refractivity (Wildman–Crippen MR) is 233 cm³/mol. The van der Waals surface area contributed by atoms with E-state index in [-0.39, 0.29) is 0 Å². The highest BCUT2D eigenvalue weighted by Gasteiger charge is 2.18. The maximum absolute atomic E-state index is 6.30. The number of para-hydroxylation sites is 1. The molecule has 0 aliphatic heterocycles. The van der Waals surface area contributed by atoms with Crippen molar-refractivity contribution in [1.29, 1.82) is 0 Å². The van der Waals surface area contributed by atoms with Gasteiger partial charge in [0.25, 0.3) is 0 Å². The largest absolute Gasteiger partial charge is 0.456 e. The van der Waals surface area contributed by atoms with Crippen LogP contribution < -0.4 is 0 Å². The van der Waals surface area contributed by atoms with Gasteiger partial charge >= 0.3 is 0 Å². The monoisotopic (exact) mass is 733 g/mol. The second-order valence-corrected chi connectivity index (χ2v) is 15.1. The van der Waals surface area contributed by atoms with E-state index in [4.69, 9.17) is 19.4 Å². The molecule has 0 amide bonds. The Morgan fingerprint density at radius 2 is 0.821 bits per heavy atom. The van der Waals surface area contributed by atoms with Gasteiger partial charge < -0.3 is 4.42 Å². The Kier molecular flexibility index (Phi) is 7.64. The molecule has 0 aliphatic carbocycles. The first-order valence-corrected chi connectivity index (χ1v) is 19.5. The Hall–Kier alpha value is -7.21. The van der Waals surface area contributed by atoms with Gasteiger partial charge in [-0.3, -0.25) is 0 Å². The normalized spacial score (nSPS) is 11.6. The van der Waals surface area contributed by atoms with Crippen LogP contribution in [0.3, 0.4) is 0 Å². The van der Waals surface area contributed by atoms with Gasteiger partial charge in [0.1, 0.15) is 11.2 Å². The summed E-state index contributed by atoms with van der Waals surface area (Å²) in [6.45, 7) is 0. The summed E-state index contributed by atoms with van der Waals surface area (Å²) >= 11 is 1.77. The smallest absolute Gasteiger partial charge is 0.165 e. The summed E-state index contributed by atoms with van der Waals surface area (Å²) in [5.41, 5.74) is 11.4. The second kappa shape index (κ2) is 13.3. The molecule has 4 nitrogen and oxygen atoms in total. The average molecular weight is 734 g/mol. The quantitative estimate of drug-likeness (QED) is 0.171. The molecule has 0 bridgehead atoms. The number of rotatable bonds is 6. The first-order chi connectivity index (χ1) is 27.7. The van der Waals surface area contributed by atoms with Crippen LogP contribution in [-0.4, -0.2) is 15.0 Å². The molecule has 56 heavy (non-hydrogen) atoms. The summed E-state index contributed by atoms with van der Waals surface area (Å²) in [5.74, 6) is 1.84. The summed E-state index contributed by atoms with van der Waals surface area (Å²) in [4.78, 5) is 15.6. The molecule has 0 radical (unpaired) electrons. The predicted octanol–water partition coefficient (Wildman–Crippen LogP) is 14.1. The zero-order chi connectivity index (χ0) is 37.0. The number of fused-ring (bicyclic) bond motifs is 6. The van der Waals surface area contributed by atoms with Gasteiger partial charge in [-0.15, -0.1) is 11.3 Å². The third-order valence-electron chi connectivity index (χ3n) is 10.5. The maximum Gasteiger partial charge on any atom is 0.165 e. The third kappa shape index (κ3) is 5.65. The Balaban J connectivity index is 1.04. The lowest BCUT2D eigenvalue weighted by Gasteiger charge is -2.11. The van der Waals surface area contributed by atoms with E-state index < -0.39 is 0 Å². The Labute approximate surface area is 327 Å². The van der Waals surface area contributed by atoms with Gasteiger partial charge in [0.2, 0.25) is 0 Å². The van der Waals surface area contributed by atoms with Gasteiger partial charge in [-0.2, -0.15) is 0 Å². The number of furan rings is 1. The minimum absolute atomic E-state index is 0.594. The zero-order valence-corrected chi connectivity index (χ0v) is 30.9. The molecule has 3 aromatic heterocycles. The molecular formula is C51H31N3OS. The average Bonchev–Trinajstić information content (AvgIpc) is 3.85. The highest BCUT2D eigenvalue weighted by molar-refractivity contribution is 7.26. The van der Waals surface area contributed by atoms with Crippen LogP contribution in [0.2, 0.25) is 0 Å². The number of aromatic nitrogens is 3. The van der Waals surface area contributed by atoms with Crippen molar-refractivity contribution in [2.45, 2.75) is 0 Å². The van der Waals surface area contributed by atoms with Crippen molar-refractivity contribution in [3.05, 3.63) is 188 Å². The van der Waals surface area contributed by atoms with Crippen molar-refractivity contribution < 1.29 is 4.42 Å². The van der Waals surface area contributed by atoms with Gasteiger partial charge in [0.05, 0.1) is 0 Å². The SMILES string of the molecule is c1ccc(-c2cccc(-c3cccc(-c4cccc(-c5nc(-c6ccc7c(c6)oc6ccccc67)nc(-c6cccc7c6sc6ccccc67)n5)c4)c3)c2)cc1. The number of benzene rings is 8. The fourth-order valence-electron chi connectivity index (χ4n) is 7.77. The van der Waals surface area contributed by atoms with Gasteiger partial charge in [-0.25, -0.2) is 15.0 Å². The van der Waals surface area contributed by atoms with E-state index in [1.807, 2.05) is 24.3 Å². The van der Waals surface area contributed by atoms with Gasteiger partial charge in [-0.1, -0.05) is 140 Å². The van der Waals surface area contributed by atoms with Crippen LogP contribution in [0.4, 0.5) is 0 Å². The highest BCUT2D eigenvalue weighted by Crippen LogP contribution is 2.40. The fraction of sp³-hybridized carbons (Fsp3) is 0. The third-order valence-corrected chi connectivity index (χ3v) is 11.8. The van der Waals surface area contributed by atoms with Crippen molar-refractivity contribution in [2.24, 2.45) is 0 Å². The van der Waals surface area contributed by atoms with Crippen LogP contribution >= 0.6 is 11.3 Å². The first-order valence-electron chi connectivity index (χ1n) is 18.7. The Morgan fingerprint density at radius 3 is 1.55 bits per heavy atom. The lowest BCUT2D eigenvalue weighted by Crippen LogP contribution is -2.00. The molecule has 262 valence electrons. The minimum Gasteiger partial charge on any atom is -0.456 e. The van der Waals surface area contributed by atoms with Crippen molar-refractivity contribution >= 4 is 53.4 Å². The number of nitrogens with zero attached hydrogens (tertiary/aromatic N) is 3. The molecule has 11 aromatic rings. The zero-order valence-electron chi connectivity index (χ0n) is 30.1. The Morgan fingerprint density at radius 1 is 0.321 bits per heavy atom. The summed E-state index contributed by atoms with van der Waals surface area (Å²) in [5, 5.41) is 4.59. The van der Waals surface area contributed by atoms with Crippen molar-refractivity contribution in [1.82, 2.24) is 15.0 Å². The van der Waals surface area contributed by atoms with Crippen LogP contribution in [0.15, 0.2) is 192 Å². The standard InChI is InChI=1S/C51H31N3OS/c1-2-12-32(13-3-1)33-14-8-15-34(28-33)35-16-9-17-36(29-35)37-18-10-19-38(30-37)49-52-50(39-26-27-41-40-20-4-6-24-45(40)55-46(41)31-39)54-51(53-49)44-23-11-22-43-42-21-5-7-25-47(42)56-48(43)44/h1-31H. The first kappa shape index (κ1) is 32.2. The van der Waals surface area contributed by atoms with Gasteiger partial charge in [0, 0.05) is 47.6 Å². The molecule has 0 N–H and O–H groups in total. The molecule has 0 unspecified atom stereocenters. The van der Waals surface area contributed by atoms with Crippen LogP contribution in [0.25, 0.3) is 110 Å². The molecule has 5 heteroatoms. The van der Waals surface area contributed by atoms with Gasteiger partial charge in [0.15, 0.2) is 17.5 Å². The minimum atomic E-state index is 0.594. The molecule has 0 spiro atoms. The summed E-state index contributed by atoms with van der Waals surface area (Å²) in [7, 11) is 0. The van der Waals surface area contributed by atoms with E-state index in [0.29, 0.717) is 17.5 Å². The molecule has 11 rings (SSSR count). The number of hydrogen-bond donors (Lipinski definition) is 0. The van der Waals surface area contributed by atoms with E-state index in [0.717, 1.165) is 60.0 Å². The molecule has 0 saturated carbocycles. The molecule has 8 aromatic carbocycles. The van der Waals surface area contributed by atoms with Crippen molar-refractivity contribution in [3.63, 3.8) is 0 Å². The lowest BCUT2D eigenvalue weighted by molar-refractivity contribution is 0.669. The van der Waals surface area contributed by atoms with Crippen molar-refractivity contribution in [2.75, 3.05) is 0 Å². The lowest BCUT2D eigenvalue weighted by atomic mass is 9.95. The van der Waals surface area contributed by atoms with E-state index >= 15 is 0 Å². The fourth-order valence-corrected chi connectivity index (χ4v) is 8.98. The van der Waals surface area contributed by atoms with Gasteiger partial charge in [-0.05, 0) is 81.9 Å². The van der Waals surface area contributed by atoms with Crippen LogP contribution in [0, 0.1) is 0 Å². The molecule has 0 aliphatic rings. The molecule has 0 atom stereocenters. The number of hydrogen-bond acceptors (Lipinski definition) is 5. The van der Waals surface area contributed by atoms with E-state index in [1.165, 1.54) is 32.2 Å². The second-order valence-electron chi connectivity index (χ2n) is 14.0. The molecular weight excluding hydrogens is 703 g/mol. The molecule has 0 fully saturated rings. The summed E-state index contributed by atoms with van der Waals surface area (Å²) < 4.78 is 8.70. The Bertz CT molecular complexity index is 3270. The highest BCUT2D eigenvalue weighted by atomic mass is 32.1. The van der Waals surface area contributed by atoms with E-state index in [9.17, 15) is 0 Å². The van der Waals surface area contributed by atoms with E-state index in [1.54, 1.807) is 11.3 Å². The topological polar surface area (TPSA) is 51.8 Å². The van der Waals surface area contributed by atoms with Crippen LogP contribution in [0.5, 0.6) is 0 Å². The summed E-state index contributed by atoms with van der Waals surface area (Å²) in [6.07, 6.45) is 0. The number of thiophene rings is 1. The van der Waals surface area contributed by atoms with E-state index in [2.05, 4.69) is 164 Å².